The van der Waals surface area contributed by atoms with Crippen LogP contribution in [0.15, 0.2) is 27.3 Å². The first-order chi connectivity index (χ1) is 7.15. The lowest BCUT2D eigenvalue weighted by Crippen LogP contribution is -2.01. The van der Waals surface area contributed by atoms with Crippen LogP contribution in [0, 0.1) is 0 Å². The second-order valence-corrected chi connectivity index (χ2v) is 3.71. The van der Waals surface area contributed by atoms with Gasteiger partial charge in [0.1, 0.15) is 10.0 Å². The summed E-state index contributed by atoms with van der Waals surface area (Å²) >= 11 is 3.26. The molecule has 0 bridgehead atoms. The Bertz CT molecular complexity index is 529. The molecule has 0 aliphatic heterocycles. The molecule has 0 radical (unpaired) electrons. The fraction of sp³-hybridized carbons (Fsp3) is 0.100. The first-order valence-electron chi connectivity index (χ1n) is 4.12. The fourth-order valence-electron chi connectivity index (χ4n) is 1.41. The predicted molar refractivity (Wildman–Crippen MR) is 57.4 cm³/mol. The Kier molecular flexibility index (Phi) is 2.40. The lowest BCUT2D eigenvalue weighted by molar-refractivity contribution is 0.0693. The Hall–Kier alpha value is -1.49. The highest BCUT2D eigenvalue weighted by Crippen LogP contribution is 2.36. The van der Waals surface area contributed by atoms with E-state index in [2.05, 4.69) is 15.9 Å². The molecule has 78 valence electrons. The summed E-state index contributed by atoms with van der Waals surface area (Å²) in [5.41, 5.74) is 0.690. The van der Waals surface area contributed by atoms with Crippen LogP contribution in [0.1, 0.15) is 10.4 Å². The quantitative estimate of drug-likeness (QED) is 0.912. The smallest absolute Gasteiger partial charge is 0.339 e. The van der Waals surface area contributed by atoms with Crippen LogP contribution in [-0.2, 0) is 0 Å². The normalized spacial score (nSPS) is 10.5. The number of hydrogen-bond donors (Lipinski definition) is 1. The van der Waals surface area contributed by atoms with E-state index in [0.717, 1.165) is 5.39 Å². The topological polar surface area (TPSA) is 59.7 Å². The van der Waals surface area contributed by atoms with Gasteiger partial charge in [-0.25, -0.2) is 4.79 Å². The molecular formula is C10H7BrO4. The molecule has 0 atom stereocenters. The fourth-order valence-corrected chi connectivity index (χ4v) is 2.11. The molecule has 2 aromatic rings. The Morgan fingerprint density at radius 2 is 2.33 bits per heavy atom. The standard InChI is InChI=1S/C10H7BrO4/c1-14-9-6(10(12)13)4-5-2-3-15-8(5)7(9)11/h2-4H,1H3,(H,12,13). The zero-order valence-electron chi connectivity index (χ0n) is 7.78. The molecule has 1 aromatic heterocycles. The van der Waals surface area contributed by atoms with Gasteiger partial charge in [0.15, 0.2) is 11.3 Å². The molecule has 0 aliphatic rings. The number of aromatic carboxylic acids is 1. The Labute approximate surface area is 93.6 Å². The van der Waals surface area contributed by atoms with Crippen molar-refractivity contribution < 1.29 is 19.1 Å². The van der Waals surface area contributed by atoms with Crippen molar-refractivity contribution in [3.05, 3.63) is 28.4 Å². The summed E-state index contributed by atoms with van der Waals surface area (Å²) in [7, 11) is 1.42. The van der Waals surface area contributed by atoms with Crippen LogP contribution in [0.2, 0.25) is 0 Å². The molecule has 0 amide bonds. The Morgan fingerprint density at radius 1 is 1.60 bits per heavy atom. The van der Waals surface area contributed by atoms with Crippen molar-refractivity contribution in [3.8, 4) is 5.75 Å². The number of fused-ring (bicyclic) bond motifs is 1. The van der Waals surface area contributed by atoms with Crippen LogP contribution in [0.4, 0.5) is 0 Å². The maximum Gasteiger partial charge on any atom is 0.339 e. The molecule has 1 N–H and O–H groups in total. The van der Waals surface area contributed by atoms with E-state index in [1.54, 1.807) is 6.07 Å². The third-order valence-electron chi connectivity index (χ3n) is 2.07. The molecule has 0 fully saturated rings. The highest BCUT2D eigenvalue weighted by molar-refractivity contribution is 9.10. The van der Waals surface area contributed by atoms with E-state index < -0.39 is 5.97 Å². The second kappa shape index (κ2) is 3.58. The maximum atomic E-state index is 11.0. The Morgan fingerprint density at radius 3 is 2.93 bits per heavy atom. The zero-order valence-corrected chi connectivity index (χ0v) is 9.37. The number of carboxylic acid groups (broad SMARTS) is 1. The number of rotatable bonds is 2. The van der Waals surface area contributed by atoms with Crippen LogP contribution in [-0.4, -0.2) is 18.2 Å². The summed E-state index contributed by atoms with van der Waals surface area (Å²) in [6.07, 6.45) is 1.50. The van der Waals surface area contributed by atoms with E-state index in [1.165, 1.54) is 19.4 Å². The minimum absolute atomic E-state index is 0.110. The number of hydrogen-bond acceptors (Lipinski definition) is 3. The van der Waals surface area contributed by atoms with E-state index in [9.17, 15) is 4.79 Å². The Balaban J connectivity index is 2.84. The molecule has 5 heteroatoms. The van der Waals surface area contributed by atoms with Gasteiger partial charge in [-0.15, -0.1) is 0 Å². The molecular weight excluding hydrogens is 264 g/mol. The summed E-state index contributed by atoms with van der Waals surface area (Å²) in [4.78, 5) is 11.0. The molecule has 15 heavy (non-hydrogen) atoms. The first kappa shape index (κ1) is 10.0. The third kappa shape index (κ3) is 1.48. The van der Waals surface area contributed by atoms with Gasteiger partial charge in [-0.3, -0.25) is 0 Å². The van der Waals surface area contributed by atoms with Gasteiger partial charge in [-0.1, -0.05) is 0 Å². The van der Waals surface area contributed by atoms with Gasteiger partial charge >= 0.3 is 5.97 Å². The molecule has 4 nitrogen and oxygen atoms in total. The van der Waals surface area contributed by atoms with Crippen LogP contribution >= 0.6 is 15.9 Å². The molecule has 1 aromatic carbocycles. The average molecular weight is 271 g/mol. The van der Waals surface area contributed by atoms with Gasteiger partial charge in [-0.05, 0) is 28.1 Å². The lowest BCUT2D eigenvalue weighted by Gasteiger charge is -2.07. The van der Waals surface area contributed by atoms with Gasteiger partial charge < -0.3 is 14.3 Å². The number of carboxylic acids is 1. The average Bonchev–Trinajstić information content (AvgIpc) is 2.65. The second-order valence-electron chi connectivity index (χ2n) is 2.92. The zero-order chi connectivity index (χ0) is 11.0. The summed E-state index contributed by atoms with van der Waals surface area (Å²) in [6, 6.07) is 3.22. The summed E-state index contributed by atoms with van der Waals surface area (Å²) < 4.78 is 10.8. The lowest BCUT2D eigenvalue weighted by atomic mass is 10.1. The van der Waals surface area contributed by atoms with Crippen molar-refractivity contribution in [2.75, 3.05) is 7.11 Å². The van der Waals surface area contributed by atoms with Crippen LogP contribution in [0.3, 0.4) is 0 Å². The number of carbonyl (C=O) groups is 1. The minimum Gasteiger partial charge on any atom is -0.495 e. The van der Waals surface area contributed by atoms with Gasteiger partial charge in [0.05, 0.1) is 13.4 Å². The van der Waals surface area contributed by atoms with Crippen molar-refractivity contribution >= 4 is 32.9 Å². The summed E-state index contributed by atoms with van der Waals surface area (Å²) in [6.45, 7) is 0. The molecule has 0 saturated carbocycles. The number of furan rings is 1. The monoisotopic (exact) mass is 270 g/mol. The molecule has 0 spiro atoms. The highest BCUT2D eigenvalue weighted by atomic mass is 79.9. The summed E-state index contributed by atoms with van der Waals surface area (Å²) in [5.74, 6) is -0.763. The maximum absolute atomic E-state index is 11.0. The number of methoxy groups -OCH3 is 1. The van der Waals surface area contributed by atoms with Crippen molar-refractivity contribution in [2.24, 2.45) is 0 Å². The molecule has 0 unspecified atom stereocenters. The van der Waals surface area contributed by atoms with E-state index >= 15 is 0 Å². The number of halogens is 1. The van der Waals surface area contributed by atoms with Crippen molar-refractivity contribution in [2.45, 2.75) is 0 Å². The van der Waals surface area contributed by atoms with E-state index in [0.29, 0.717) is 10.1 Å². The van der Waals surface area contributed by atoms with Gasteiger partial charge in [0.2, 0.25) is 0 Å². The van der Waals surface area contributed by atoms with Gasteiger partial charge in [0, 0.05) is 5.39 Å². The summed E-state index contributed by atoms with van der Waals surface area (Å²) in [5, 5.41) is 9.71. The van der Waals surface area contributed by atoms with Gasteiger partial charge in [0.25, 0.3) is 0 Å². The van der Waals surface area contributed by atoms with E-state index in [-0.39, 0.29) is 11.3 Å². The number of ether oxygens (including phenoxy) is 1. The largest absolute Gasteiger partial charge is 0.495 e. The molecule has 0 aliphatic carbocycles. The van der Waals surface area contributed by atoms with Crippen LogP contribution in [0.5, 0.6) is 5.75 Å². The van der Waals surface area contributed by atoms with E-state index in [1.807, 2.05) is 0 Å². The predicted octanol–water partition coefficient (Wildman–Crippen LogP) is 2.90. The van der Waals surface area contributed by atoms with Gasteiger partial charge in [-0.2, -0.15) is 0 Å². The number of benzene rings is 1. The first-order valence-corrected chi connectivity index (χ1v) is 4.91. The highest BCUT2D eigenvalue weighted by Gasteiger charge is 2.18. The van der Waals surface area contributed by atoms with E-state index in [4.69, 9.17) is 14.3 Å². The molecule has 2 rings (SSSR count). The van der Waals surface area contributed by atoms with Crippen LogP contribution in [0.25, 0.3) is 11.0 Å². The van der Waals surface area contributed by atoms with Crippen LogP contribution < -0.4 is 4.74 Å². The minimum atomic E-state index is -1.03. The molecule has 1 heterocycles. The van der Waals surface area contributed by atoms with Crippen molar-refractivity contribution in [1.29, 1.82) is 0 Å². The third-order valence-corrected chi connectivity index (χ3v) is 2.79. The SMILES string of the molecule is COc1c(C(=O)O)cc2ccoc2c1Br. The van der Waals surface area contributed by atoms with Crippen molar-refractivity contribution in [1.82, 2.24) is 0 Å². The molecule has 0 saturated heterocycles. The van der Waals surface area contributed by atoms with Crippen molar-refractivity contribution in [3.63, 3.8) is 0 Å².